The van der Waals surface area contributed by atoms with Gasteiger partial charge < -0.3 is 10.3 Å². The molecular weight excluding hydrogens is 202 g/mol. The van der Waals surface area contributed by atoms with Gasteiger partial charge in [0.05, 0.1) is 12.0 Å². The van der Waals surface area contributed by atoms with E-state index in [2.05, 4.69) is 4.18 Å². The molecule has 3 N–H and O–H groups in total. The molecule has 0 aromatic carbocycles. The van der Waals surface area contributed by atoms with Gasteiger partial charge in [0.25, 0.3) is 0 Å². The summed E-state index contributed by atoms with van der Waals surface area (Å²) >= 11 is 0. The highest BCUT2D eigenvalue weighted by Crippen LogP contribution is 2.15. The third-order valence-electron chi connectivity index (χ3n) is 1.27. The van der Waals surface area contributed by atoms with Crippen molar-refractivity contribution in [1.29, 1.82) is 0 Å². The van der Waals surface area contributed by atoms with Crippen molar-refractivity contribution in [3.8, 4) is 0 Å². The topological polar surface area (TPSA) is 113 Å². The fourth-order valence-electron chi connectivity index (χ4n) is 0.313. The predicted octanol–water partition coefficient (Wildman–Crippen LogP) is -0.663. The second-order valence-electron chi connectivity index (χ2n) is 3.00. The van der Waals surface area contributed by atoms with Crippen molar-refractivity contribution in [2.45, 2.75) is 13.8 Å². The quantitative estimate of drug-likeness (QED) is 0.522. The zero-order valence-electron chi connectivity index (χ0n) is 7.14. The molecule has 0 fully saturated rings. The number of nitrogens with one attached hydrogen (secondary N) is 1. The molecule has 0 aliphatic heterocycles. The van der Waals surface area contributed by atoms with Crippen LogP contribution in [-0.4, -0.2) is 31.3 Å². The van der Waals surface area contributed by atoms with E-state index in [1.165, 1.54) is 13.8 Å². The summed E-state index contributed by atoms with van der Waals surface area (Å²) in [6.07, 6.45) is 0. The van der Waals surface area contributed by atoms with Crippen LogP contribution in [0.1, 0.15) is 13.8 Å². The van der Waals surface area contributed by atoms with Crippen LogP contribution < -0.4 is 4.89 Å². The largest absolute Gasteiger partial charge is 0.481 e. The van der Waals surface area contributed by atoms with E-state index >= 15 is 0 Å². The highest BCUT2D eigenvalue weighted by Gasteiger charge is 2.29. The van der Waals surface area contributed by atoms with Crippen molar-refractivity contribution in [2.75, 3.05) is 6.61 Å². The second kappa shape index (κ2) is 4.01. The molecule has 7 nitrogen and oxygen atoms in total. The number of carbonyl (C=O) groups is 1. The zero-order valence-corrected chi connectivity index (χ0v) is 7.96. The first-order chi connectivity index (χ1) is 5.71. The van der Waals surface area contributed by atoms with Gasteiger partial charge in [0, 0.05) is 0 Å². The van der Waals surface area contributed by atoms with Gasteiger partial charge in [0.2, 0.25) is 0 Å². The van der Waals surface area contributed by atoms with E-state index in [1.54, 1.807) is 0 Å². The molecule has 13 heavy (non-hydrogen) atoms. The van der Waals surface area contributed by atoms with E-state index in [-0.39, 0.29) is 0 Å². The van der Waals surface area contributed by atoms with E-state index in [0.29, 0.717) is 0 Å². The Hall–Kier alpha value is -0.700. The molecule has 0 spiro atoms. The molecule has 0 heterocycles. The van der Waals surface area contributed by atoms with Gasteiger partial charge in [0.15, 0.2) is 0 Å². The Kier molecular flexibility index (Phi) is 3.79. The van der Waals surface area contributed by atoms with E-state index in [0.717, 1.165) is 4.89 Å². The number of hydrogen-bond donors (Lipinski definition) is 3. The Balaban J connectivity index is 4.26. The second-order valence-corrected chi connectivity index (χ2v) is 4.32. The normalized spacial score (nSPS) is 12.8. The number of carboxylic acids is 1. The van der Waals surface area contributed by atoms with Crippen molar-refractivity contribution in [1.82, 2.24) is 4.89 Å². The summed E-state index contributed by atoms with van der Waals surface area (Å²) in [7, 11) is -4.24. The van der Waals surface area contributed by atoms with Crippen molar-refractivity contribution in [3.63, 3.8) is 0 Å². The van der Waals surface area contributed by atoms with Crippen LogP contribution in [0.3, 0.4) is 0 Å². The number of aliphatic carboxylic acids is 1. The summed E-state index contributed by atoms with van der Waals surface area (Å²) in [5.74, 6) is -1.19. The van der Waals surface area contributed by atoms with E-state index in [1.807, 2.05) is 0 Å². The zero-order chi connectivity index (χ0) is 10.7. The maximum atomic E-state index is 10.5. The SMILES string of the molecule is CC(C)(COS(=O)(=O)NO)C(=O)O. The van der Waals surface area contributed by atoms with Gasteiger partial charge in [-0.3, -0.25) is 8.98 Å². The lowest BCUT2D eigenvalue weighted by Crippen LogP contribution is -2.33. The van der Waals surface area contributed by atoms with Crippen LogP contribution in [0.5, 0.6) is 0 Å². The van der Waals surface area contributed by atoms with E-state index in [4.69, 9.17) is 10.3 Å². The fraction of sp³-hybridized carbons (Fsp3) is 0.800. The third-order valence-corrected chi connectivity index (χ3v) is 1.92. The average Bonchev–Trinajstić information content (AvgIpc) is 2.01. The number of carboxylic acid groups (broad SMARTS) is 1. The van der Waals surface area contributed by atoms with Gasteiger partial charge in [-0.05, 0) is 13.8 Å². The minimum atomic E-state index is -4.24. The molecule has 0 aliphatic carbocycles. The van der Waals surface area contributed by atoms with Crippen LogP contribution in [-0.2, 0) is 19.3 Å². The monoisotopic (exact) mass is 213 g/mol. The van der Waals surface area contributed by atoms with Gasteiger partial charge >= 0.3 is 16.3 Å². The number of hydrogen-bond acceptors (Lipinski definition) is 5. The van der Waals surface area contributed by atoms with Gasteiger partial charge in [-0.2, -0.15) is 8.42 Å². The van der Waals surface area contributed by atoms with Crippen molar-refractivity contribution >= 4 is 16.3 Å². The highest BCUT2D eigenvalue weighted by atomic mass is 32.2. The molecule has 0 aromatic heterocycles. The molecule has 0 amide bonds. The molecule has 78 valence electrons. The molecular formula is C5H11NO6S. The number of rotatable bonds is 5. The first kappa shape index (κ1) is 12.3. The first-order valence-electron chi connectivity index (χ1n) is 3.25. The van der Waals surface area contributed by atoms with Crippen molar-refractivity contribution in [2.24, 2.45) is 5.41 Å². The predicted molar refractivity (Wildman–Crippen MR) is 41.2 cm³/mol. The van der Waals surface area contributed by atoms with E-state index < -0.39 is 28.3 Å². The third kappa shape index (κ3) is 4.18. The Labute approximate surface area is 75.5 Å². The van der Waals surface area contributed by atoms with Crippen LogP contribution in [0.25, 0.3) is 0 Å². The van der Waals surface area contributed by atoms with Gasteiger partial charge in [-0.25, -0.2) is 0 Å². The molecule has 0 atom stereocenters. The highest BCUT2D eigenvalue weighted by molar-refractivity contribution is 7.84. The van der Waals surface area contributed by atoms with Gasteiger partial charge in [-0.15, -0.1) is 0 Å². The minimum absolute atomic E-state index is 0.557. The standard InChI is InChI=1S/C5H11NO6S/c1-5(2,4(7)8)3-12-13(10,11)6-9/h6,9H,3H2,1-2H3,(H,7,8). The van der Waals surface area contributed by atoms with Crippen LogP contribution in [0, 0.1) is 5.41 Å². The summed E-state index contributed by atoms with van der Waals surface area (Å²) in [5.41, 5.74) is -1.33. The van der Waals surface area contributed by atoms with Crippen LogP contribution in [0.4, 0.5) is 0 Å². The van der Waals surface area contributed by atoms with Gasteiger partial charge in [-0.1, -0.05) is 4.89 Å². The molecule has 0 bridgehead atoms. The van der Waals surface area contributed by atoms with Crippen molar-refractivity contribution < 1.29 is 27.7 Å². The minimum Gasteiger partial charge on any atom is -0.481 e. The molecule has 0 rings (SSSR count). The Morgan fingerprint density at radius 3 is 2.31 bits per heavy atom. The Morgan fingerprint density at radius 1 is 1.54 bits per heavy atom. The van der Waals surface area contributed by atoms with Crippen LogP contribution in [0.15, 0.2) is 0 Å². The Bertz CT molecular complexity index is 281. The summed E-state index contributed by atoms with van der Waals surface area (Å²) in [6.45, 7) is 2.03. The van der Waals surface area contributed by atoms with Crippen LogP contribution in [0.2, 0.25) is 0 Å². The van der Waals surface area contributed by atoms with Gasteiger partial charge in [0.1, 0.15) is 0 Å². The fourth-order valence-corrected chi connectivity index (χ4v) is 0.815. The summed E-state index contributed by atoms with van der Waals surface area (Å²) in [5, 5.41) is 16.6. The molecule has 0 aromatic rings. The maximum absolute atomic E-state index is 10.5. The lowest BCUT2D eigenvalue weighted by atomic mass is 9.96. The summed E-state index contributed by atoms with van der Waals surface area (Å²) in [4.78, 5) is 11.4. The van der Waals surface area contributed by atoms with Crippen LogP contribution >= 0.6 is 0 Å². The lowest BCUT2D eigenvalue weighted by molar-refractivity contribution is -0.148. The molecule has 0 aliphatic rings. The van der Waals surface area contributed by atoms with E-state index in [9.17, 15) is 13.2 Å². The summed E-state index contributed by atoms with van der Waals surface area (Å²) in [6, 6.07) is 0. The molecule has 0 saturated carbocycles. The first-order valence-corrected chi connectivity index (χ1v) is 4.66. The average molecular weight is 213 g/mol. The molecule has 8 heteroatoms. The molecule has 0 saturated heterocycles. The summed E-state index contributed by atoms with van der Waals surface area (Å²) < 4.78 is 25.1. The molecule has 0 radical (unpaired) electrons. The lowest BCUT2D eigenvalue weighted by Gasteiger charge is -2.17. The van der Waals surface area contributed by atoms with Crippen molar-refractivity contribution in [3.05, 3.63) is 0 Å². The smallest absolute Gasteiger partial charge is 0.358 e. The maximum Gasteiger partial charge on any atom is 0.358 e. The Morgan fingerprint density at radius 2 is 2.00 bits per heavy atom. The molecule has 0 unspecified atom stereocenters.